The maximum atomic E-state index is 13.0. The summed E-state index contributed by atoms with van der Waals surface area (Å²) in [6.07, 6.45) is 0. The van der Waals surface area contributed by atoms with Crippen molar-refractivity contribution < 1.29 is 17.9 Å². The minimum atomic E-state index is -3.77. The third-order valence-electron chi connectivity index (χ3n) is 4.17. The lowest BCUT2D eigenvalue weighted by Gasteiger charge is -2.21. The number of nitrogens with one attached hydrogen (secondary N) is 1. The molecular weight excluding hydrogens is 394 g/mol. The predicted molar refractivity (Wildman–Crippen MR) is 112 cm³/mol. The van der Waals surface area contributed by atoms with E-state index in [1.54, 1.807) is 43.9 Å². The van der Waals surface area contributed by atoms with E-state index >= 15 is 0 Å². The maximum Gasteiger partial charge on any atom is 0.276 e. The standard InChI is InChI=1S/C19H27N5O4S/c1-6-24(7-2)29(26,27)17-13-14(9-11-16(17)28-8-3)20-19(25)15-10-12-18(22-21-15)23(4)5/h9-13H,6-8H2,1-5H3,(H,20,25). The number of hydrogen-bond acceptors (Lipinski definition) is 7. The highest BCUT2D eigenvalue weighted by atomic mass is 32.2. The number of amides is 1. The number of rotatable bonds is 9. The molecule has 0 saturated heterocycles. The van der Waals surface area contributed by atoms with Gasteiger partial charge in [-0.1, -0.05) is 13.8 Å². The molecule has 0 aliphatic heterocycles. The van der Waals surface area contributed by atoms with Gasteiger partial charge in [-0.25, -0.2) is 8.42 Å². The fourth-order valence-electron chi connectivity index (χ4n) is 2.64. The lowest BCUT2D eigenvalue weighted by Crippen LogP contribution is -2.31. The smallest absolute Gasteiger partial charge is 0.276 e. The van der Waals surface area contributed by atoms with Crippen LogP contribution < -0.4 is 15.0 Å². The van der Waals surface area contributed by atoms with E-state index in [1.807, 2.05) is 14.1 Å². The van der Waals surface area contributed by atoms with Gasteiger partial charge in [0, 0.05) is 32.9 Å². The van der Waals surface area contributed by atoms with E-state index in [1.165, 1.54) is 16.4 Å². The molecule has 2 aromatic rings. The molecule has 1 heterocycles. The highest BCUT2D eigenvalue weighted by molar-refractivity contribution is 7.89. The van der Waals surface area contributed by atoms with Crippen LogP contribution in [0.4, 0.5) is 11.5 Å². The maximum absolute atomic E-state index is 13.0. The van der Waals surface area contributed by atoms with Gasteiger partial charge in [0.05, 0.1) is 6.61 Å². The van der Waals surface area contributed by atoms with Gasteiger partial charge < -0.3 is 15.0 Å². The summed E-state index contributed by atoms with van der Waals surface area (Å²) >= 11 is 0. The van der Waals surface area contributed by atoms with Crippen molar-refractivity contribution in [2.75, 3.05) is 44.0 Å². The molecule has 0 bridgehead atoms. The first-order valence-electron chi connectivity index (χ1n) is 9.33. The predicted octanol–water partition coefficient (Wildman–Crippen LogP) is 2.22. The molecule has 0 aliphatic carbocycles. The van der Waals surface area contributed by atoms with Crippen molar-refractivity contribution in [3.8, 4) is 5.75 Å². The summed E-state index contributed by atoms with van der Waals surface area (Å²) in [5.41, 5.74) is 0.445. The third-order valence-corrected chi connectivity index (χ3v) is 6.24. The second kappa shape index (κ2) is 9.66. The first-order valence-corrected chi connectivity index (χ1v) is 10.8. The molecule has 1 aromatic heterocycles. The van der Waals surface area contributed by atoms with Gasteiger partial charge in [0.2, 0.25) is 10.0 Å². The normalized spacial score (nSPS) is 11.4. The average molecular weight is 422 g/mol. The van der Waals surface area contributed by atoms with E-state index < -0.39 is 15.9 Å². The number of carbonyl (C=O) groups excluding carboxylic acids is 1. The Labute approximate surface area is 171 Å². The number of aromatic nitrogens is 2. The lowest BCUT2D eigenvalue weighted by atomic mass is 10.2. The topological polar surface area (TPSA) is 105 Å². The van der Waals surface area contributed by atoms with Gasteiger partial charge >= 0.3 is 0 Å². The molecule has 0 fully saturated rings. The van der Waals surface area contributed by atoms with Crippen LogP contribution in [0.15, 0.2) is 35.2 Å². The van der Waals surface area contributed by atoms with Crippen LogP contribution >= 0.6 is 0 Å². The van der Waals surface area contributed by atoms with E-state index in [9.17, 15) is 13.2 Å². The highest BCUT2D eigenvalue weighted by Gasteiger charge is 2.26. The monoisotopic (exact) mass is 421 g/mol. The molecule has 0 saturated carbocycles. The summed E-state index contributed by atoms with van der Waals surface area (Å²) in [6.45, 7) is 6.29. The Hall–Kier alpha value is -2.72. The quantitative estimate of drug-likeness (QED) is 0.662. The van der Waals surface area contributed by atoms with Crippen molar-refractivity contribution in [3.05, 3.63) is 36.0 Å². The van der Waals surface area contributed by atoms with Gasteiger partial charge in [0.1, 0.15) is 10.6 Å². The van der Waals surface area contributed by atoms with Crippen LogP contribution in [-0.4, -0.2) is 62.6 Å². The van der Waals surface area contributed by atoms with Gasteiger partial charge in [0.15, 0.2) is 11.5 Å². The van der Waals surface area contributed by atoms with Gasteiger partial charge in [0.25, 0.3) is 5.91 Å². The first-order chi connectivity index (χ1) is 13.7. The minimum absolute atomic E-state index is 0.00916. The highest BCUT2D eigenvalue weighted by Crippen LogP contribution is 2.30. The minimum Gasteiger partial charge on any atom is -0.492 e. The molecular formula is C19H27N5O4S. The molecule has 0 atom stereocenters. The Morgan fingerprint density at radius 1 is 1.07 bits per heavy atom. The van der Waals surface area contributed by atoms with Crippen LogP contribution in [0.1, 0.15) is 31.3 Å². The molecule has 0 aliphatic rings. The van der Waals surface area contributed by atoms with Crippen molar-refractivity contribution in [1.29, 1.82) is 0 Å². The number of benzene rings is 1. The van der Waals surface area contributed by atoms with Gasteiger partial charge in [-0.05, 0) is 37.3 Å². The number of anilines is 2. The number of hydrogen-bond donors (Lipinski definition) is 1. The Balaban J connectivity index is 2.35. The van der Waals surface area contributed by atoms with Crippen LogP contribution in [0.25, 0.3) is 0 Å². The SMILES string of the molecule is CCOc1ccc(NC(=O)c2ccc(N(C)C)nn2)cc1S(=O)(=O)N(CC)CC. The van der Waals surface area contributed by atoms with Gasteiger partial charge in [-0.15, -0.1) is 10.2 Å². The number of carbonyl (C=O) groups is 1. The Morgan fingerprint density at radius 3 is 2.28 bits per heavy atom. The van der Waals surface area contributed by atoms with Crippen LogP contribution in [0, 0.1) is 0 Å². The summed E-state index contributed by atoms with van der Waals surface area (Å²) in [5.74, 6) is 0.376. The van der Waals surface area contributed by atoms with E-state index in [4.69, 9.17) is 4.74 Å². The zero-order valence-corrected chi connectivity index (χ0v) is 18.2. The fraction of sp³-hybridized carbons (Fsp3) is 0.421. The Morgan fingerprint density at radius 2 is 1.76 bits per heavy atom. The molecule has 2 rings (SSSR count). The summed E-state index contributed by atoms with van der Waals surface area (Å²) in [7, 11) is -0.127. The molecule has 29 heavy (non-hydrogen) atoms. The Bertz CT molecular complexity index is 942. The molecule has 0 spiro atoms. The Kier molecular flexibility index (Phi) is 7.52. The fourth-order valence-corrected chi connectivity index (χ4v) is 4.26. The van der Waals surface area contributed by atoms with Crippen molar-refractivity contribution in [3.63, 3.8) is 0 Å². The molecule has 1 aromatic carbocycles. The average Bonchev–Trinajstić information content (AvgIpc) is 2.70. The van der Waals surface area contributed by atoms with Crippen LogP contribution in [-0.2, 0) is 10.0 Å². The molecule has 0 radical (unpaired) electrons. The summed E-state index contributed by atoms with van der Waals surface area (Å²) < 4.78 is 32.8. The van der Waals surface area contributed by atoms with Gasteiger partial charge in [-0.2, -0.15) is 4.31 Å². The van der Waals surface area contributed by atoms with Crippen LogP contribution in [0.2, 0.25) is 0 Å². The van der Waals surface area contributed by atoms with E-state index in [2.05, 4.69) is 15.5 Å². The molecule has 0 unspecified atom stereocenters. The van der Waals surface area contributed by atoms with Crippen molar-refractivity contribution in [1.82, 2.24) is 14.5 Å². The second-order valence-corrected chi connectivity index (χ2v) is 8.22. The van der Waals surface area contributed by atoms with Crippen molar-refractivity contribution >= 4 is 27.4 Å². The van der Waals surface area contributed by atoms with E-state index in [0.29, 0.717) is 31.2 Å². The van der Waals surface area contributed by atoms with Crippen molar-refractivity contribution in [2.24, 2.45) is 0 Å². The van der Waals surface area contributed by atoms with Crippen LogP contribution in [0.3, 0.4) is 0 Å². The van der Waals surface area contributed by atoms with Crippen molar-refractivity contribution in [2.45, 2.75) is 25.7 Å². The summed E-state index contributed by atoms with van der Waals surface area (Å²) in [4.78, 5) is 14.3. The summed E-state index contributed by atoms with van der Waals surface area (Å²) in [6, 6.07) is 7.76. The largest absolute Gasteiger partial charge is 0.492 e. The number of ether oxygens (including phenoxy) is 1. The molecule has 158 valence electrons. The van der Waals surface area contributed by atoms with Gasteiger partial charge in [-0.3, -0.25) is 4.79 Å². The zero-order chi connectivity index (χ0) is 21.6. The number of sulfonamides is 1. The summed E-state index contributed by atoms with van der Waals surface area (Å²) in [5, 5.41) is 10.6. The molecule has 1 N–H and O–H groups in total. The molecule has 9 nitrogen and oxygen atoms in total. The molecule has 10 heteroatoms. The van der Waals surface area contributed by atoms with E-state index in [0.717, 1.165) is 0 Å². The number of nitrogens with zero attached hydrogens (tertiary/aromatic N) is 4. The van der Waals surface area contributed by atoms with Crippen LogP contribution in [0.5, 0.6) is 5.75 Å². The zero-order valence-electron chi connectivity index (χ0n) is 17.3. The first kappa shape index (κ1) is 22.6. The van der Waals surface area contributed by atoms with E-state index in [-0.39, 0.29) is 16.3 Å². The lowest BCUT2D eigenvalue weighted by molar-refractivity contribution is 0.102. The third kappa shape index (κ3) is 5.21. The molecule has 1 amide bonds. The second-order valence-electron chi connectivity index (χ2n) is 6.31.